The second kappa shape index (κ2) is 71.1. The maximum atomic E-state index is 12.5. The van der Waals surface area contributed by atoms with Gasteiger partial charge < -0.3 is 15.5 Å². The zero-order chi connectivity index (χ0) is 56.9. The van der Waals surface area contributed by atoms with Gasteiger partial charge in [0.15, 0.2) is 0 Å². The summed E-state index contributed by atoms with van der Waals surface area (Å²) >= 11 is 0. The number of carbonyl (C=O) groups excluding carboxylic acids is 1. The van der Waals surface area contributed by atoms with Crippen LogP contribution in [0.1, 0.15) is 431 Å². The predicted octanol–water partition coefficient (Wildman–Crippen LogP) is 25.3. The maximum Gasteiger partial charge on any atom is 0.220 e. The Kier molecular flexibility index (Phi) is 70.1. The lowest BCUT2D eigenvalue weighted by molar-refractivity contribution is -0.123. The monoisotopic (exact) mass is 1110 g/mol. The third-order valence-corrected chi connectivity index (χ3v) is 17.7. The topological polar surface area (TPSA) is 69.6 Å². The van der Waals surface area contributed by atoms with Gasteiger partial charge in [-0.1, -0.05) is 404 Å². The highest BCUT2D eigenvalue weighted by Gasteiger charge is 2.18. The van der Waals surface area contributed by atoms with E-state index in [4.69, 9.17) is 0 Å². The van der Waals surface area contributed by atoms with E-state index < -0.39 is 12.1 Å². The van der Waals surface area contributed by atoms with E-state index in [1.165, 1.54) is 385 Å². The van der Waals surface area contributed by atoms with Crippen LogP contribution in [0.4, 0.5) is 0 Å². The molecule has 2 unspecified atom stereocenters. The number of allylic oxidation sites excluding steroid dienone is 3. The van der Waals surface area contributed by atoms with Crippen LogP contribution in [0.15, 0.2) is 24.3 Å². The number of nitrogens with one attached hydrogen (secondary N) is 1. The van der Waals surface area contributed by atoms with Crippen LogP contribution in [0.5, 0.6) is 0 Å². The molecular formula is C75H147NO3. The van der Waals surface area contributed by atoms with Gasteiger partial charge >= 0.3 is 0 Å². The Balaban J connectivity index is 3.37. The molecule has 3 N–H and O–H groups in total. The Morgan fingerprint density at radius 1 is 0.291 bits per heavy atom. The van der Waals surface area contributed by atoms with E-state index in [0.717, 1.165) is 25.7 Å². The molecule has 0 aliphatic heterocycles. The second-order valence-corrected chi connectivity index (χ2v) is 25.7. The van der Waals surface area contributed by atoms with Crippen molar-refractivity contribution in [2.24, 2.45) is 0 Å². The summed E-state index contributed by atoms with van der Waals surface area (Å²) in [6, 6.07) is -0.621. The number of amides is 1. The van der Waals surface area contributed by atoms with Crippen molar-refractivity contribution >= 4 is 5.91 Å². The molecule has 0 aliphatic carbocycles. The van der Waals surface area contributed by atoms with Crippen LogP contribution >= 0.6 is 0 Å². The molecule has 0 heterocycles. The van der Waals surface area contributed by atoms with Crippen molar-refractivity contribution in [1.82, 2.24) is 5.32 Å². The van der Waals surface area contributed by atoms with Crippen molar-refractivity contribution in [3.8, 4) is 0 Å². The Morgan fingerprint density at radius 2 is 0.481 bits per heavy atom. The molecule has 79 heavy (non-hydrogen) atoms. The summed E-state index contributed by atoms with van der Waals surface area (Å²) in [6.45, 7) is 4.36. The summed E-state index contributed by atoms with van der Waals surface area (Å²) in [7, 11) is 0. The number of aliphatic hydroxyl groups excluding tert-OH is 2. The van der Waals surface area contributed by atoms with Crippen molar-refractivity contribution in [1.29, 1.82) is 0 Å². The average molecular weight is 1110 g/mol. The molecule has 0 radical (unpaired) electrons. The van der Waals surface area contributed by atoms with Gasteiger partial charge in [-0.25, -0.2) is 0 Å². The summed E-state index contributed by atoms with van der Waals surface area (Å²) in [4.78, 5) is 12.5. The van der Waals surface area contributed by atoms with E-state index in [2.05, 4.69) is 31.3 Å². The van der Waals surface area contributed by atoms with Gasteiger partial charge in [0.25, 0.3) is 0 Å². The Bertz CT molecular complexity index is 1170. The molecule has 0 aliphatic rings. The van der Waals surface area contributed by atoms with Crippen molar-refractivity contribution in [2.75, 3.05) is 6.61 Å². The first-order valence-corrected chi connectivity index (χ1v) is 37.1. The minimum Gasteiger partial charge on any atom is -0.394 e. The molecule has 4 heteroatoms. The predicted molar refractivity (Wildman–Crippen MR) is 355 cm³/mol. The van der Waals surface area contributed by atoms with E-state index in [1.807, 2.05) is 6.08 Å². The lowest BCUT2D eigenvalue weighted by Gasteiger charge is -2.20. The highest BCUT2D eigenvalue weighted by molar-refractivity contribution is 5.76. The fraction of sp³-hybridized carbons (Fsp3) is 0.933. The number of aliphatic hydroxyl groups is 2. The summed E-state index contributed by atoms with van der Waals surface area (Å²) in [6.07, 6.45) is 97.3. The first-order chi connectivity index (χ1) is 39.2. The van der Waals surface area contributed by atoms with Gasteiger partial charge in [-0.2, -0.15) is 0 Å². The molecule has 0 fully saturated rings. The highest BCUT2D eigenvalue weighted by Crippen LogP contribution is 2.20. The summed E-state index contributed by atoms with van der Waals surface area (Å²) in [5.41, 5.74) is 0. The molecule has 4 nitrogen and oxygen atoms in total. The van der Waals surface area contributed by atoms with Crippen molar-refractivity contribution in [3.63, 3.8) is 0 Å². The van der Waals surface area contributed by atoms with E-state index in [1.54, 1.807) is 6.08 Å². The standard InChI is InChI=1S/C75H147NO3/c1-3-5-7-9-11-13-15-17-19-21-23-25-27-29-31-32-33-34-35-36-37-38-39-40-41-42-43-44-45-47-49-51-53-55-57-59-61-63-65-67-69-71-75(79)76-73(72-77)74(78)70-68-66-64-62-60-58-56-54-52-50-48-46-30-28-26-24-22-20-18-16-14-12-10-8-6-4-2/h21,23,68,70,73-74,77-78H,3-20,22,24-67,69,71-72H2,1-2H3,(H,76,79)/b23-21-,70-68+. The molecule has 0 aromatic rings. The number of hydrogen-bond acceptors (Lipinski definition) is 3. The van der Waals surface area contributed by atoms with Crippen molar-refractivity contribution in [2.45, 2.75) is 443 Å². The minimum absolute atomic E-state index is 0.0534. The first kappa shape index (κ1) is 77.9. The number of hydrogen-bond donors (Lipinski definition) is 3. The van der Waals surface area contributed by atoms with Gasteiger partial charge in [0.05, 0.1) is 18.8 Å². The number of rotatable bonds is 70. The van der Waals surface area contributed by atoms with Crippen LogP contribution in [0.25, 0.3) is 0 Å². The first-order valence-electron chi connectivity index (χ1n) is 37.1. The molecular weight excluding hydrogens is 963 g/mol. The minimum atomic E-state index is -0.838. The van der Waals surface area contributed by atoms with Gasteiger partial charge in [-0.05, 0) is 44.9 Å². The van der Waals surface area contributed by atoms with Crippen LogP contribution in [0.3, 0.4) is 0 Å². The Labute approximate surface area is 498 Å². The van der Waals surface area contributed by atoms with Crippen LogP contribution in [-0.2, 0) is 4.79 Å². The van der Waals surface area contributed by atoms with E-state index in [-0.39, 0.29) is 12.5 Å². The van der Waals surface area contributed by atoms with Crippen molar-refractivity contribution in [3.05, 3.63) is 24.3 Å². The lowest BCUT2D eigenvalue weighted by Crippen LogP contribution is -2.45. The number of carbonyl (C=O) groups is 1. The molecule has 0 saturated heterocycles. The molecule has 0 aromatic carbocycles. The van der Waals surface area contributed by atoms with Gasteiger partial charge in [0.2, 0.25) is 5.91 Å². The summed E-state index contributed by atoms with van der Waals surface area (Å²) < 4.78 is 0. The van der Waals surface area contributed by atoms with Gasteiger partial charge in [0, 0.05) is 6.42 Å². The molecule has 0 saturated carbocycles. The molecule has 0 rings (SSSR count). The third kappa shape index (κ3) is 67.5. The van der Waals surface area contributed by atoms with E-state index in [9.17, 15) is 15.0 Å². The van der Waals surface area contributed by atoms with Crippen LogP contribution < -0.4 is 5.32 Å². The zero-order valence-electron chi connectivity index (χ0n) is 54.4. The van der Waals surface area contributed by atoms with Crippen molar-refractivity contribution < 1.29 is 15.0 Å². The fourth-order valence-corrected chi connectivity index (χ4v) is 12.1. The smallest absolute Gasteiger partial charge is 0.220 e. The normalized spacial score (nSPS) is 12.7. The quantitative estimate of drug-likeness (QED) is 0.0420. The average Bonchev–Trinajstić information content (AvgIpc) is 3.45. The third-order valence-electron chi connectivity index (χ3n) is 17.7. The van der Waals surface area contributed by atoms with Gasteiger partial charge in [0.1, 0.15) is 0 Å². The molecule has 0 spiro atoms. The van der Waals surface area contributed by atoms with Gasteiger partial charge in [-0.3, -0.25) is 4.79 Å². The molecule has 1 amide bonds. The summed E-state index contributed by atoms with van der Waals surface area (Å²) in [5.74, 6) is -0.0534. The van der Waals surface area contributed by atoms with Gasteiger partial charge in [-0.15, -0.1) is 0 Å². The summed E-state index contributed by atoms with van der Waals surface area (Å²) in [5, 5.41) is 23.3. The van der Waals surface area contributed by atoms with Crippen LogP contribution in [0.2, 0.25) is 0 Å². The molecule has 0 aromatic heterocycles. The number of unbranched alkanes of at least 4 members (excludes halogenated alkanes) is 61. The van der Waals surface area contributed by atoms with Crippen LogP contribution in [0, 0.1) is 0 Å². The molecule has 470 valence electrons. The largest absolute Gasteiger partial charge is 0.394 e. The lowest BCUT2D eigenvalue weighted by atomic mass is 10.0. The van der Waals surface area contributed by atoms with Crippen LogP contribution in [-0.4, -0.2) is 34.9 Å². The maximum absolute atomic E-state index is 12.5. The molecule has 0 bridgehead atoms. The molecule has 2 atom stereocenters. The zero-order valence-corrected chi connectivity index (χ0v) is 54.4. The fourth-order valence-electron chi connectivity index (χ4n) is 12.1. The SMILES string of the molecule is CCCCCCCCCC/C=C\CCCCCCCCCCCCCCCCCCCCCCCCCCCCCCCC(=O)NC(CO)C(O)/C=C/CCCCCCCCCCCCCCCCCCCCCCCCCC. The highest BCUT2D eigenvalue weighted by atomic mass is 16.3. The Morgan fingerprint density at radius 3 is 0.696 bits per heavy atom. The van der Waals surface area contributed by atoms with E-state index >= 15 is 0 Å². The van der Waals surface area contributed by atoms with E-state index in [0.29, 0.717) is 6.42 Å². The second-order valence-electron chi connectivity index (χ2n) is 25.7. The Hall–Kier alpha value is -1.13.